The molecule has 19 heavy (non-hydrogen) atoms. The molecule has 3 N–H and O–H groups in total. The Balaban J connectivity index is 2.44. The molecule has 0 aliphatic rings. The minimum atomic E-state index is -4.46. The minimum Gasteiger partial charge on any atom is -0.330 e. The van der Waals surface area contributed by atoms with Crippen molar-refractivity contribution in [1.82, 2.24) is 10.2 Å². The molecule has 0 aliphatic heterocycles. The molecule has 2 aromatic rings. The summed E-state index contributed by atoms with van der Waals surface area (Å²) in [5.74, 6) is 0. The summed E-state index contributed by atoms with van der Waals surface area (Å²) in [5.41, 5.74) is 6.56. The maximum absolute atomic E-state index is 12.8. The van der Waals surface area contributed by atoms with Gasteiger partial charge in [-0.2, -0.15) is 18.3 Å². The summed E-state index contributed by atoms with van der Waals surface area (Å²) in [4.78, 5) is 0. The summed E-state index contributed by atoms with van der Waals surface area (Å²) in [6.45, 7) is 2.09. The lowest BCUT2D eigenvalue weighted by molar-refractivity contribution is -0.140. The van der Waals surface area contributed by atoms with Crippen molar-refractivity contribution >= 4 is 0 Å². The summed E-state index contributed by atoms with van der Waals surface area (Å²) in [6, 6.07) is 6.90. The fraction of sp³-hybridized carbons (Fsp3) is 0.308. The maximum atomic E-state index is 12.8. The summed E-state index contributed by atoms with van der Waals surface area (Å²) in [6.07, 6.45) is -3.76. The second kappa shape index (κ2) is 5.05. The molecule has 6 heteroatoms. The average molecular weight is 269 g/mol. The van der Waals surface area contributed by atoms with Crippen LogP contribution in [-0.2, 0) is 12.6 Å². The molecule has 102 valence electrons. The van der Waals surface area contributed by atoms with Crippen molar-refractivity contribution in [2.24, 2.45) is 5.73 Å². The fourth-order valence-electron chi connectivity index (χ4n) is 1.99. The van der Waals surface area contributed by atoms with Crippen LogP contribution in [0.15, 0.2) is 24.3 Å². The molecule has 1 aromatic heterocycles. The quantitative estimate of drug-likeness (QED) is 0.900. The van der Waals surface area contributed by atoms with Gasteiger partial charge in [-0.1, -0.05) is 24.3 Å². The van der Waals surface area contributed by atoms with Crippen molar-refractivity contribution in [3.63, 3.8) is 0 Å². The van der Waals surface area contributed by atoms with E-state index in [2.05, 4.69) is 10.2 Å². The smallest absolute Gasteiger partial charge is 0.330 e. The van der Waals surface area contributed by atoms with Crippen LogP contribution >= 0.6 is 0 Å². The van der Waals surface area contributed by atoms with E-state index in [4.69, 9.17) is 5.73 Å². The molecule has 0 amide bonds. The van der Waals surface area contributed by atoms with Crippen molar-refractivity contribution in [2.75, 3.05) is 6.54 Å². The molecule has 1 heterocycles. The van der Waals surface area contributed by atoms with Gasteiger partial charge in [0, 0.05) is 11.3 Å². The molecule has 0 radical (unpaired) electrons. The molecular weight excluding hydrogens is 255 g/mol. The highest BCUT2D eigenvalue weighted by Gasteiger charge is 2.37. The summed E-state index contributed by atoms with van der Waals surface area (Å²) in [5, 5.41) is 5.74. The van der Waals surface area contributed by atoms with Crippen molar-refractivity contribution in [3.8, 4) is 11.1 Å². The average Bonchev–Trinajstić information content (AvgIpc) is 2.72. The van der Waals surface area contributed by atoms with E-state index in [9.17, 15) is 13.2 Å². The summed E-state index contributed by atoms with van der Waals surface area (Å²) >= 11 is 0. The van der Waals surface area contributed by atoms with E-state index in [-0.39, 0.29) is 5.56 Å². The number of aromatic nitrogens is 2. The van der Waals surface area contributed by atoms with Gasteiger partial charge >= 0.3 is 6.18 Å². The van der Waals surface area contributed by atoms with Crippen LogP contribution in [0.5, 0.6) is 0 Å². The van der Waals surface area contributed by atoms with Crippen LogP contribution in [0.3, 0.4) is 0 Å². The number of benzene rings is 1. The third kappa shape index (κ3) is 2.78. The van der Waals surface area contributed by atoms with Gasteiger partial charge in [0.05, 0.1) is 0 Å². The van der Waals surface area contributed by atoms with Crippen LogP contribution in [0.25, 0.3) is 11.1 Å². The van der Waals surface area contributed by atoms with Crippen molar-refractivity contribution in [1.29, 1.82) is 0 Å². The first kappa shape index (κ1) is 13.6. The molecule has 3 nitrogen and oxygen atoms in total. The Kier molecular flexibility index (Phi) is 3.61. The first-order chi connectivity index (χ1) is 8.93. The van der Waals surface area contributed by atoms with E-state index < -0.39 is 11.9 Å². The monoisotopic (exact) mass is 269 g/mol. The Hall–Kier alpha value is -1.82. The van der Waals surface area contributed by atoms with Crippen molar-refractivity contribution in [3.05, 3.63) is 41.2 Å². The molecule has 0 saturated carbocycles. The van der Waals surface area contributed by atoms with Gasteiger partial charge in [-0.25, -0.2) is 0 Å². The number of halogens is 3. The third-order valence-electron chi connectivity index (χ3n) is 2.89. The van der Waals surface area contributed by atoms with E-state index in [1.54, 1.807) is 31.2 Å². The van der Waals surface area contributed by atoms with Crippen LogP contribution in [0.2, 0.25) is 0 Å². The third-order valence-corrected chi connectivity index (χ3v) is 2.89. The van der Waals surface area contributed by atoms with Crippen LogP contribution < -0.4 is 5.73 Å². The van der Waals surface area contributed by atoms with Gasteiger partial charge < -0.3 is 5.73 Å². The first-order valence-corrected chi connectivity index (χ1v) is 5.85. The zero-order chi connectivity index (χ0) is 14.0. The topological polar surface area (TPSA) is 54.7 Å². The molecule has 0 aliphatic carbocycles. The molecule has 0 fully saturated rings. The first-order valence-electron chi connectivity index (χ1n) is 5.85. The van der Waals surface area contributed by atoms with Crippen molar-refractivity contribution in [2.45, 2.75) is 19.5 Å². The molecule has 0 unspecified atom stereocenters. The fourth-order valence-corrected chi connectivity index (χ4v) is 1.99. The minimum absolute atomic E-state index is 0.104. The lowest BCUT2D eigenvalue weighted by Crippen LogP contribution is -2.07. The second-order valence-corrected chi connectivity index (χ2v) is 4.31. The molecular formula is C13H14F3N3. The zero-order valence-electron chi connectivity index (χ0n) is 10.4. The van der Waals surface area contributed by atoms with E-state index in [1.165, 1.54) is 0 Å². The number of nitrogens with zero attached hydrogens (tertiary/aromatic N) is 1. The highest BCUT2D eigenvalue weighted by Crippen LogP contribution is 2.37. The summed E-state index contributed by atoms with van der Waals surface area (Å²) in [7, 11) is 0. The number of aromatic amines is 1. The lowest BCUT2D eigenvalue weighted by atomic mass is 10.0. The van der Waals surface area contributed by atoms with Gasteiger partial charge in [-0.3, -0.25) is 5.10 Å². The largest absolute Gasteiger partial charge is 0.435 e. The Morgan fingerprint density at radius 2 is 1.84 bits per heavy atom. The summed E-state index contributed by atoms with van der Waals surface area (Å²) < 4.78 is 38.5. The number of H-pyrrole nitrogens is 1. The van der Waals surface area contributed by atoms with E-state index in [0.717, 1.165) is 5.56 Å². The predicted molar refractivity (Wildman–Crippen MR) is 66.5 cm³/mol. The van der Waals surface area contributed by atoms with Crippen LogP contribution in [0.4, 0.5) is 13.2 Å². The van der Waals surface area contributed by atoms with Gasteiger partial charge in [-0.15, -0.1) is 0 Å². The number of nitrogens with one attached hydrogen (secondary N) is 1. The Morgan fingerprint density at radius 1 is 1.21 bits per heavy atom. The number of rotatable bonds is 3. The maximum Gasteiger partial charge on any atom is 0.435 e. The van der Waals surface area contributed by atoms with Gasteiger partial charge in [-0.05, 0) is 31.0 Å². The standard InChI is InChI=1S/C13H14F3N3/c1-8-11(12(19-18-8)13(14,15)16)10-4-2-9(3-5-10)6-7-17/h2-5H,6-7,17H2,1H3,(H,18,19). The number of hydrogen-bond acceptors (Lipinski definition) is 2. The second-order valence-electron chi connectivity index (χ2n) is 4.31. The molecule has 0 spiro atoms. The number of hydrogen-bond donors (Lipinski definition) is 2. The molecule has 1 aromatic carbocycles. The molecule has 0 atom stereocenters. The van der Waals surface area contributed by atoms with Gasteiger partial charge in [0.25, 0.3) is 0 Å². The molecule has 0 saturated heterocycles. The molecule has 2 rings (SSSR count). The Bertz CT molecular complexity index is 556. The normalized spacial score (nSPS) is 11.8. The van der Waals surface area contributed by atoms with Gasteiger partial charge in [0.15, 0.2) is 5.69 Å². The number of aryl methyl sites for hydroxylation is 1. The SMILES string of the molecule is Cc1[nH]nc(C(F)(F)F)c1-c1ccc(CCN)cc1. The Morgan fingerprint density at radius 3 is 2.37 bits per heavy atom. The van der Waals surface area contributed by atoms with E-state index in [1.807, 2.05) is 0 Å². The van der Waals surface area contributed by atoms with Gasteiger partial charge in [0.1, 0.15) is 0 Å². The van der Waals surface area contributed by atoms with E-state index in [0.29, 0.717) is 24.2 Å². The number of alkyl halides is 3. The lowest BCUT2D eigenvalue weighted by Gasteiger charge is -2.08. The number of nitrogens with two attached hydrogens (primary N) is 1. The highest BCUT2D eigenvalue weighted by atomic mass is 19.4. The van der Waals surface area contributed by atoms with E-state index >= 15 is 0 Å². The van der Waals surface area contributed by atoms with Crippen LogP contribution in [0.1, 0.15) is 17.0 Å². The molecule has 0 bridgehead atoms. The zero-order valence-corrected chi connectivity index (χ0v) is 10.4. The Labute approximate surface area is 108 Å². The van der Waals surface area contributed by atoms with Gasteiger partial charge in [0.2, 0.25) is 0 Å². The highest BCUT2D eigenvalue weighted by molar-refractivity contribution is 5.69. The van der Waals surface area contributed by atoms with Crippen LogP contribution in [0, 0.1) is 6.92 Å². The van der Waals surface area contributed by atoms with Crippen molar-refractivity contribution < 1.29 is 13.2 Å². The van der Waals surface area contributed by atoms with Crippen LogP contribution in [-0.4, -0.2) is 16.7 Å². The predicted octanol–water partition coefficient (Wildman–Crippen LogP) is 2.91.